The molecule has 0 saturated carbocycles. The van der Waals surface area contributed by atoms with Gasteiger partial charge in [-0.1, -0.05) is 6.92 Å². The standard InChI is InChI=1S/C14H12N6O3/c1-2-5-23-9-4-3-7(11(15)21)6-8(9)12-16-13-10(14(22)17-12)18-20-19-13/h3-4,6H,2,5H2,1H3,(H2,15,21). The van der Waals surface area contributed by atoms with Crippen LogP contribution < -0.4 is 10.5 Å². The first-order valence-electron chi connectivity index (χ1n) is 6.88. The topological polar surface area (TPSA) is 131 Å². The molecule has 9 heteroatoms. The second-order valence-corrected chi connectivity index (χ2v) is 4.74. The van der Waals surface area contributed by atoms with Crippen molar-refractivity contribution in [2.24, 2.45) is 31.2 Å². The number of amidine groups is 2. The zero-order valence-corrected chi connectivity index (χ0v) is 12.2. The molecule has 116 valence electrons. The normalized spacial score (nSPS) is 15.7. The van der Waals surface area contributed by atoms with Crippen molar-refractivity contribution < 1.29 is 14.3 Å². The minimum absolute atomic E-state index is 0.00386. The van der Waals surface area contributed by atoms with E-state index < -0.39 is 11.8 Å². The first-order chi connectivity index (χ1) is 11.1. The van der Waals surface area contributed by atoms with Gasteiger partial charge < -0.3 is 10.5 Å². The predicted octanol–water partition coefficient (Wildman–Crippen LogP) is 1.08. The average molecular weight is 312 g/mol. The van der Waals surface area contributed by atoms with E-state index in [9.17, 15) is 9.59 Å². The van der Waals surface area contributed by atoms with Gasteiger partial charge in [0.2, 0.25) is 17.5 Å². The molecule has 1 aromatic rings. The molecule has 0 spiro atoms. The smallest absolute Gasteiger partial charge is 0.303 e. The van der Waals surface area contributed by atoms with E-state index in [0.29, 0.717) is 17.9 Å². The molecule has 0 bridgehead atoms. The van der Waals surface area contributed by atoms with Gasteiger partial charge in [-0.15, -0.1) is 10.2 Å². The predicted molar refractivity (Wildman–Crippen MR) is 82.0 cm³/mol. The molecule has 0 atom stereocenters. The molecule has 23 heavy (non-hydrogen) atoms. The molecule has 0 fully saturated rings. The Morgan fingerprint density at radius 2 is 2.09 bits per heavy atom. The number of hydrogen-bond acceptors (Lipinski definition) is 7. The van der Waals surface area contributed by atoms with Crippen molar-refractivity contribution in [1.82, 2.24) is 0 Å². The van der Waals surface area contributed by atoms with Crippen LogP contribution >= 0.6 is 0 Å². The van der Waals surface area contributed by atoms with Crippen molar-refractivity contribution in [3.8, 4) is 5.75 Å². The van der Waals surface area contributed by atoms with Crippen LogP contribution in [0.4, 0.5) is 0 Å². The molecular formula is C14H12N6O3. The number of aliphatic imine (C=N–C) groups is 2. The molecule has 0 aromatic heterocycles. The Morgan fingerprint density at radius 1 is 1.26 bits per heavy atom. The Morgan fingerprint density at radius 3 is 2.83 bits per heavy atom. The third kappa shape index (κ3) is 2.76. The second kappa shape index (κ2) is 5.87. The van der Waals surface area contributed by atoms with E-state index in [1.807, 2.05) is 6.92 Å². The number of hydrogen-bond donors (Lipinski definition) is 1. The van der Waals surface area contributed by atoms with Crippen LogP contribution in [0.1, 0.15) is 29.3 Å². The Bertz CT molecular complexity index is 822. The summed E-state index contributed by atoms with van der Waals surface area (Å²) in [5.41, 5.74) is 5.94. The highest BCUT2D eigenvalue weighted by atomic mass is 16.5. The number of ether oxygens (including phenoxy) is 1. The Balaban J connectivity index is 2.08. The molecule has 0 radical (unpaired) electrons. The fourth-order valence-electron chi connectivity index (χ4n) is 2.01. The van der Waals surface area contributed by atoms with Crippen molar-refractivity contribution in [2.75, 3.05) is 6.61 Å². The number of amides is 2. The molecule has 2 heterocycles. The van der Waals surface area contributed by atoms with Gasteiger partial charge in [0.05, 0.1) is 12.2 Å². The van der Waals surface area contributed by atoms with Gasteiger partial charge in [0.25, 0.3) is 0 Å². The third-order valence-corrected chi connectivity index (χ3v) is 3.08. The summed E-state index contributed by atoms with van der Waals surface area (Å²) in [6, 6.07) is 4.62. The van der Waals surface area contributed by atoms with E-state index in [4.69, 9.17) is 10.5 Å². The first-order valence-corrected chi connectivity index (χ1v) is 6.88. The van der Waals surface area contributed by atoms with Crippen molar-refractivity contribution in [1.29, 1.82) is 0 Å². The van der Waals surface area contributed by atoms with E-state index in [0.717, 1.165) is 6.42 Å². The molecule has 0 aliphatic carbocycles. The van der Waals surface area contributed by atoms with E-state index in [1.54, 1.807) is 6.07 Å². The Labute approximate surface area is 130 Å². The van der Waals surface area contributed by atoms with Crippen LogP contribution in [-0.4, -0.2) is 35.8 Å². The SMILES string of the molecule is CCCOc1ccc(C(N)=O)cc1C1=NC(=O)C2=NN=NC2=N1. The number of nitrogens with two attached hydrogens (primary N) is 1. The molecule has 9 nitrogen and oxygen atoms in total. The average Bonchev–Trinajstić information content (AvgIpc) is 3.01. The first kappa shape index (κ1) is 14.7. The maximum absolute atomic E-state index is 12.0. The fourth-order valence-corrected chi connectivity index (χ4v) is 2.01. The van der Waals surface area contributed by atoms with Gasteiger partial charge in [-0.3, -0.25) is 9.59 Å². The van der Waals surface area contributed by atoms with Gasteiger partial charge in [-0.25, -0.2) is 4.99 Å². The van der Waals surface area contributed by atoms with Gasteiger partial charge in [-0.2, -0.15) is 4.99 Å². The zero-order chi connectivity index (χ0) is 16.4. The quantitative estimate of drug-likeness (QED) is 0.872. The van der Waals surface area contributed by atoms with Crippen LogP contribution in [0, 0.1) is 0 Å². The van der Waals surface area contributed by atoms with Crippen molar-refractivity contribution in [3.63, 3.8) is 0 Å². The summed E-state index contributed by atoms with van der Waals surface area (Å²) < 4.78 is 5.62. The van der Waals surface area contributed by atoms with Crippen molar-refractivity contribution in [2.45, 2.75) is 13.3 Å². The maximum atomic E-state index is 12.0. The van der Waals surface area contributed by atoms with E-state index >= 15 is 0 Å². The van der Waals surface area contributed by atoms with Crippen LogP contribution in [-0.2, 0) is 4.79 Å². The highest BCUT2D eigenvalue weighted by Gasteiger charge is 2.29. The Hall–Kier alpha value is -3.23. The molecule has 2 aliphatic rings. The van der Waals surface area contributed by atoms with Gasteiger partial charge in [-0.05, 0) is 29.8 Å². The number of carbonyl (C=O) groups excluding carboxylic acids is 2. The molecule has 2 N–H and O–H groups in total. The lowest BCUT2D eigenvalue weighted by molar-refractivity contribution is -0.111. The van der Waals surface area contributed by atoms with Crippen LogP contribution in [0.3, 0.4) is 0 Å². The largest absolute Gasteiger partial charge is 0.493 e. The summed E-state index contributed by atoms with van der Waals surface area (Å²) in [7, 11) is 0. The minimum atomic E-state index is -0.605. The van der Waals surface area contributed by atoms with E-state index in [2.05, 4.69) is 25.4 Å². The van der Waals surface area contributed by atoms with Gasteiger partial charge in [0, 0.05) is 5.56 Å². The number of nitrogens with zero attached hydrogens (tertiary/aromatic N) is 5. The van der Waals surface area contributed by atoms with Gasteiger partial charge in [0.15, 0.2) is 5.84 Å². The monoisotopic (exact) mass is 312 g/mol. The summed E-state index contributed by atoms with van der Waals surface area (Å²) in [6.07, 6.45) is 0.794. The summed E-state index contributed by atoms with van der Waals surface area (Å²) in [5, 5.41) is 10.6. The summed E-state index contributed by atoms with van der Waals surface area (Å²) in [6.45, 7) is 2.42. The van der Waals surface area contributed by atoms with E-state index in [-0.39, 0.29) is 22.9 Å². The fraction of sp³-hybridized carbons (Fsp3) is 0.214. The highest BCUT2D eigenvalue weighted by molar-refractivity contribution is 6.69. The lowest BCUT2D eigenvalue weighted by Crippen LogP contribution is -2.26. The van der Waals surface area contributed by atoms with Crippen LogP contribution in [0.25, 0.3) is 0 Å². The molecule has 0 saturated heterocycles. The molecule has 0 unspecified atom stereocenters. The summed E-state index contributed by atoms with van der Waals surface area (Å²) >= 11 is 0. The number of primary amides is 1. The van der Waals surface area contributed by atoms with Gasteiger partial charge >= 0.3 is 5.91 Å². The number of rotatable bonds is 5. The Kier molecular flexibility index (Phi) is 3.75. The van der Waals surface area contributed by atoms with Gasteiger partial charge in [0.1, 0.15) is 5.75 Å². The maximum Gasteiger partial charge on any atom is 0.303 e. The molecular weight excluding hydrogens is 300 g/mol. The lowest BCUT2D eigenvalue weighted by Gasteiger charge is -2.13. The van der Waals surface area contributed by atoms with Crippen molar-refractivity contribution >= 4 is 29.2 Å². The summed E-state index contributed by atoms with van der Waals surface area (Å²) in [5.74, 6) is -0.583. The molecule has 1 aromatic carbocycles. The number of fused-ring (bicyclic) bond motifs is 1. The number of carbonyl (C=O) groups is 2. The minimum Gasteiger partial charge on any atom is -0.493 e. The second-order valence-electron chi connectivity index (χ2n) is 4.74. The molecule has 2 amide bonds. The number of benzene rings is 1. The highest BCUT2D eigenvalue weighted by Crippen LogP contribution is 2.24. The summed E-state index contributed by atoms with van der Waals surface area (Å²) in [4.78, 5) is 31.4. The zero-order valence-electron chi connectivity index (χ0n) is 12.2. The van der Waals surface area contributed by atoms with Crippen molar-refractivity contribution in [3.05, 3.63) is 29.3 Å². The van der Waals surface area contributed by atoms with Crippen LogP contribution in [0.15, 0.2) is 43.6 Å². The lowest BCUT2D eigenvalue weighted by atomic mass is 10.1. The van der Waals surface area contributed by atoms with Crippen LogP contribution in [0.2, 0.25) is 0 Å². The van der Waals surface area contributed by atoms with E-state index in [1.165, 1.54) is 12.1 Å². The van der Waals surface area contributed by atoms with Crippen LogP contribution in [0.5, 0.6) is 5.75 Å². The molecule has 3 rings (SSSR count). The molecule has 2 aliphatic heterocycles. The third-order valence-electron chi connectivity index (χ3n) is 3.08.